The Labute approximate surface area is 292 Å². The number of amides is 1. The molecule has 1 aliphatic carbocycles. The van der Waals surface area contributed by atoms with Gasteiger partial charge in [-0.15, -0.1) is 0 Å². The van der Waals surface area contributed by atoms with Gasteiger partial charge < -0.3 is 29.2 Å². The summed E-state index contributed by atoms with van der Waals surface area (Å²) in [6.07, 6.45) is 7.52. The minimum absolute atomic E-state index is 0.106. The van der Waals surface area contributed by atoms with Gasteiger partial charge in [0, 0.05) is 75.0 Å². The van der Waals surface area contributed by atoms with Crippen LogP contribution in [0, 0.1) is 0 Å². The molecule has 12 nitrogen and oxygen atoms in total. The topological polar surface area (TPSA) is 121 Å². The second kappa shape index (κ2) is 13.0. The van der Waals surface area contributed by atoms with Gasteiger partial charge in [0.05, 0.1) is 37.7 Å². The quantitative estimate of drug-likeness (QED) is 0.292. The summed E-state index contributed by atoms with van der Waals surface area (Å²) >= 11 is 0. The Morgan fingerprint density at radius 2 is 1.80 bits per heavy atom. The Bertz CT molecular complexity index is 1980. The number of ether oxygens (including phenoxy) is 1. The van der Waals surface area contributed by atoms with Crippen LogP contribution in [0.15, 0.2) is 53.7 Å². The predicted molar refractivity (Wildman–Crippen MR) is 194 cm³/mol. The van der Waals surface area contributed by atoms with Crippen molar-refractivity contribution in [2.75, 3.05) is 54.5 Å². The fourth-order valence-electron chi connectivity index (χ4n) is 8.37. The first kappa shape index (κ1) is 32.7. The monoisotopic (exact) mass is 678 g/mol. The molecule has 4 aromatic rings. The van der Waals surface area contributed by atoms with Gasteiger partial charge in [-0.2, -0.15) is 0 Å². The molecular weight excluding hydrogens is 632 g/mol. The van der Waals surface area contributed by atoms with E-state index in [4.69, 9.17) is 4.74 Å². The molecule has 7 heterocycles. The number of nitrogens with zero attached hydrogens (tertiary/aromatic N) is 7. The molecule has 0 unspecified atom stereocenters. The molecule has 3 aliphatic heterocycles. The molecule has 0 saturated carbocycles. The molecule has 0 bridgehead atoms. The second-order valence-corrected chi connectivity index (χ2v) is 14.5. The summed E-state index contributed by atoms with van der Waals surface area (Å²) < 4.78 is 9.12. The van der Waals surface area contributed by atoms with Crippen LogP contribution in [0.3, 0.4) is 0 Å². The molecule has 4 aromatic heterocycles. The molecule has 0 aromatic carbocycles. The van der Waals surface area contributed by atoms with E-state index in [1.807, 2.05) is 24.4 Å². The van der Waals surface area contributed by atoms with E-state index in [0.29, 0.717) is 76.7 Å². The van der Waals surface area contributed by atoms with Crippen LogP contribution >= 0.6 is 0 Å². The second-order valence-electron chi connectivity index (χ2n) is 14.5. The smallest absolute Gasteiger partial charge is 0.276 e. The van der Waals surface area contributed by atoms with E-state index < -0.39 is 0 Å². The Hall–Kier alpha value is -4.52. The average Bonchev–Trinajstić information content (AvgIpc) is 3.50. The number of piperazine rings is 1. The van der Waals surface area contributed by atoms with E-state index in [9.17, 15) is 14.7 Å². The molecule has 0 radical (unpaired) electrons. The van der Waals surface area contributed by atoms with E-state index in [0.717, 1.165) is 51.4 Å². The fraction of sp³-hybridized carbons (Fsp3) is 0.474. The van der Waals surface area contributed by atoms with Crippen molar-refractivity contribution in [3.63, 3.8) is 0 Å². The van der Waals surface area contributed by atoms with E-state index in [-0.39, 0.29) is 18.1 Å². The number of nitrogens with one attached hydrogen (secondary N) is 1. The van der Waals surface area contributed by atoms with Crippen molar-refractivity contribution < 1.29 is 14.6 Å². The van der Waals surface area contributed by atoms with Crippen molar-refractivity contribution in [1.82, 2.24) is 24.0 Å². The first-order chi connectivity index (χ1) is 24.2. The third-order valence-corrected chi connectivity index (χ3v) is 11.3. The van der Waals surface area contributed by atoms with Gasteiger partial charge in [-0.25, -0.2) is 9.97 Å². The number of aryl methyl sites for hydroxylation is 1. The number of carbonyl (C=O) groups excluding carboxylic acids is 1. The number of hydrogen-bond donors (Lipinski definition) is 2. The maximum absolute atomic E-state index is 14.0. The van der Waals surface area contributed by atoms with Crippen molar-refractivity contribution in [3.05, 3.63) is 81.8 Å². The normalized spacial score (nSPS) is 22.7. The zero-order chi connectivity index (χ0) is 34.7. The molecule has 12 heteroatoms. The summed E-state index contributed by atoms with van der Waals surface area (Å²) in [6, 6.07) is 10.5. The lowest BCUT2D eigenvalue weighted by atomic mass is 9.82. The van der Waals surface area contributed by atoms with E-state index >= 15 is 0 Å². The van der Waals surface area contributed by atoms with Gasteiger partial charge in [-0.1, -0.05) is 13.8 Å². The fourth-order valence-corrected chi connectivity index (χ4v) is 8.37. The summed E-state index contributed by atoms with van der Waals surface area (Å²) in [7, 11) is 1.71. The third-order valence-electron chi connectivity index (χ3n) is 11.3. The number of pyridine rings is 3. The molecule has 2 N–H and O–H groups in total. The minimum atomic E-state index is -0.316. The van der Waals surface area contributed by atoms with Crippen LogP contribution < -0.4 is 20.7 Å². The van der Waals surface area contributed by atoms with Crippen LogP contribution in [-0.4, -0.2) is 86.5 Å². The highest BCUT2D eigenvalue weighted by atomic mass is 16.5. The van der Waals surface area contributed by atoms with Crippen molar-refractivity contribution in [1.29, 1.82) is 0 Å². The van der Waals surface area contributed by atoms with Crippen LogP contribution in [0.4, 0.5) is 23.0 Å². The highest BCUT2D eigenvalue weighted by molar-refractivity contribution is 6.06. The summed E-state index contributed by atoms with van der Waals surface area (Å²) in [5.41, 5.74) is 6.42. The molecule has 3 atom stereocenters. The molecule has 4 aliphatic rings. The number of rotatable bonds is 7. The number of aliphatic hydroxyl groups is 1. The van der Waals surface area contributed by atoms with Crippen molar-refractivity contribution in [2.24, 2.45) is 7.05 Å². The van der Waals surface area contributed by atoms with Gasteiger partial charge >= 0.3 is 0 Å². The van der Waals surface area contributed by atoms with Gasteiger partial charge in [0.15, 0.2) is 0 Å². The first-order valence-electron chi connectivity index (χ1n) is 17.9. The highest BCUT2D eigenvalue weighted by Gasteiger charge is 2.36. The average molecular weight is 679 g/mol. The standard InChI is InChI=1S/C38H46N8O4/c1-23-5-6-24(2)35-30(23)16-33-38(49)46(14-13-45(33)35)36-31(20-47)29(9-10-39-36)26-15-32(37(48)42(4)19-26)41-34-8-7-27(17-40-34)44-12-11-43(18-25(44)3)28-21-50-22-28/h7-10,15-17,19,23-25,28,47H,5-6,11-14,18,20-22H2,1-4H3,(H,40,41)/t23-,24+,25+/m1/s1. The van der Waals surface area contributed by atoms with Gasteiger partial charge in [-0.3, -0.25) is 19.4 Å². The lowest BCUT2D eigenvalue weighted by Crippen LogP contribution is -2.59. The minimum Gasteiger partial charge on any atom is -0.392 e. The molecule has 0 spiro atoms. The van der Waals surface area contributed by atoms with Crippen LogP contribution in [-0.2, 0) is 24.9 Å². The number of fused-ring (bicyclic) bond motifs is 3. The highest BCUT2D eigenvalue weighted by Crippen LogP contribution is 2.42. The largest absolute Gasteiger partial charge is 0.392 e. The first-order valence-corrected chi connectivity index (χ1v) is 17.9. The lowest BCUT2D eigenvalue weighted by Gasteiger charge is -2.46. The van der Waals surface area contributed by atoms with E-state index in [1.54, 1.807) is 30.4 Å². The maximum Gasteiger partial charge on any atom is 0.276 e. The van der Waals surface area contributed by atoms with Crippen molar-refractivity contribution in [2.45, 2.75) is 70.7 Å². The molecule has 8 rings (SSSR count). The molecule has 2 fully saturated rings. The maximum atomic E-state index is 14.0. The lowest BCUT2D eigenvalue weighted by molar-refractivity contribution is -0.0691. The van der Waals surface area contributed by atoms with Crippen LogP contribution in [0.25, 0.3) is 11.1 Å². The summed E-state index contributed by atoms with van der Waals surface area (Å²) in [5.74, 6) is 1.74. The number of carbonyl (C=O) groups is 1. The van der Waals surface area contributed by atoms with E-state index in [2.05, 4.69) is 56.5 Å². The summed E-state index contributed by atoms with van der Waals surface area (Å²) in [4.78, 5) is 43.2. The third kappa shape index (κ3) is 5.59. The number of anilines is 4. The van der Waals surface area contributed by atoms with Gasteiger partial charge in [0.25, 0.3) is 11.5 Å². The number of aromatic nitrogens is 4. The van der Waals surface area contributed by atoms with Crippen LogP contribution in [0.5, 0.6) is 0 Å². The Kier molecular flexibility index (Phi) is 8.48. The van der Waals surface area contributed by atoms with Crippen LogP contribution in [0.1, 0.15) is 72.8 Å². The predicted octanol–water partition coefficient (Wildman–Crippen LogP) is 4.45. The molecule has 262 valence electrons. The molecule has 2 saturated heterocycles. The Morgan fingerprint density at radius 3 is 2.52 bits per heavy atom. The van der Waals surface area contributed by atoms with Gasteiger partial charge in [-0.05, 0) is 73.1 Å². The van der Waals surface area contributed by atoms with E-state index in [1.165, 1.54) is 15.8 Å². The number of hydrogen-bond acceptors (Lipinski definition) is 9. The van der Waals surface area contributed by atoms with Crippen molar-refractivity contribution in [3.8, 4) is 11.1 Å². The number of aliphatic hydroxyl groups excluding tert-OH is 1. The van der Waals surface area contributed by atoms with Gasteiger partial charge in [0.2, 0.25) is 0 Å². The molecule has 50 heavy (non-hydrogen) atoms. The van der Waals surface area contributed by atoms with Crippen molar-refractivity contribution >= 4 is 28.9 Å². The summed E-state index contributed by atoms with van der Waals surface area (Å²) in [6.45, 7) is 12.1. The van der Waals surface area contributed by atoms with Crippen LogP contribution in [0.2, 0.25) is 0 Å². The summed E-state index contributed by atoms with van der Waals surface area (Å²) in [5, 5.41) is 14.0. The zero-order valence-electron chi connectivity index (χ0n) is 29.3. The Morgan fingerprint density at radius 1 is 0.980 bits per heavy atom. The van der Waals surface area contributed by atoms with Gasteiger partial charge in [0.1, 0.15) is 23.0 Å². The molecule has 1 amide bonds. The zero-order valence-corrected chi connectivity index (χ0v) is 29.3. The SMILES string of the molecule is C[C@@H]1CC[C@H](C)c2c1cc1n2CCN(c2nccc(-c3cc(Nc4ccc(N5CCN(C6COC6)C[C@@H]5C)cn4)c(=O)n(C)c3)c2CO)C1=O. The molecular formula is C38H46N8O4. The Balaban J connectivity index is 1.05.